The number of carbonyl (C=O) groups is 1. The van der Waals surface area contributed by atoms with Crippen molar-refractivity contribution in [1.82, 2.24) is 9.97 Å². The summed E-state index contributed by atoms with van der Waals surface area (Å²) in [6, 6.07) is 20.3. The van der Waals surface area contributed by atoms with Crippen LogP contribution in [-0.2, 0) is 14.8 Å². The largest absolute Gasteiger partial charge is 0.326 e. The molecule has 0 unspecified atom stereocenters. The van der Waals surface area contributed by atoms with E-state index in [1.807, 2.05) is 6.92 Å². The number of hydrogen-bond acceptors (Lipinski definition) is 4. The second-order valence-corrected chi connectivity index (χ2v) is 9.23. The van der Waals surface area contributed by atoms with Crippen LogP contribution in [0.4, 0.5) is 11.4 Å². The van der Waals surface area contributed by atoms with Crippen molar-refractivity contribution in [2.75, 3.05) is 16.2 Å². The van der Waals surface area contributed by atoms with Gasteiger partial charge in [-0.1, -0.05) is 35.9 Å². The quantitative estimate of drug-likeness (QED) is 0.400. The van der Waals surface area contributed by atoms with E-state index in [1.165, 1.54) is 4.31 Å². The fourth-order valence-electron chi connectivity index (χ4n) is 3.36. The van der Waals surface area contributed by atoms with Gasteiger partial charge in [-0.05, 0) is 49.4 Å². The van der Waals surface area contributed by atoms with Crippen molar-refractivity contribution >= 4 is 38.3 Å². The molecule has 0 fully saturated rings. The molecule has 8 nitrogen and oxygen atoms in total. The van der Waals surface area contributed by atoms with E-state index in [-0.39, 0.29) is 29.5 Å². The Balaban J connectivity index is 1.53. The van der Waals surface area contributed by atoms with Gasteiger partial charge in [0.05, 0.1) is 21.6 Å². The molecule has 0 atom stereocenters. The molecule has 32 heavy (non-hydrogen) atoms. The highest BCUT2D eigenvalue weighted by atomic mass is 32.2. The molecule has 0 bridgehead atoms. The van der Waals surface area contributed by atoms with Gasteiger partial charge < -0.3 is 15.3 Å². The molecule has 4 rings (SSSR count). The molecular weight excluding hydrogens is 428 g/mol. The summed E-state index contributed by atoms with van der Waals surface area (Å²) in [5, 5.41) is 2.75. The van der Waals surface area contributed by atoms with Gasteiger partial charge in [-0.3, -0.25) is 9.10 Å². The number of amides is 1. The van der Waals surface area contributed by atoms with E-state index >= 15 is 0 Å². The zero-order chi connectivity index (χ0) is 22.7. The second kappa shape index (κ2) is 8.72. The number of hydrogen-bond donors (Lipinski definition) is 3. The van der Waals surface area contributed by atoms with Gasteiger partial charge in [-0.15, -0.1) is 0 Å². The number of carbonyl (C=O) groups excluding carboxylic acids is 1. The number of nitrogens with zero attached hydrogens (tertiary/aromatic N) is 1. The summed E-state index contributed by atoms with van der Waals surface area (Å²) in [4.78, 5) is 29.4. The third kappa shape index (κ3) is 4.57. The molecule has 0 saturated heterocycles. The Morgan fingerprint density at radius 3 is 2.34 bits per heavy atom. The van der Waals surface area contributed by atoms with E-state index in [0.29, 0.717) is 22.4 Å². The number of benzene rings is 3. The van der Waals surface area contributed by atoms with Crippen molar-refractivity contribution in [3.05, 3.63) is 88.8 Å². The van der Waals surface area contributed by atoms with Crippen molar-refractivity contribution in [2.45, 2.75) is 18.2 Å². The average molecular weight is 451 g/mol. The average Bonchev–Trinajstić information content (AvgIpc) is 3.14. The number of nitrogens with one attached hydrogen (secondary N) is 3. The van der Waals surface area contributed by atoms with E-state index < -0.39 is 10.0 Å². The summed E-state index contributed by atoms with van der Waals surface area (Å²) < 4.78 is 27.9. The predicted molar refractivity (Wildman–Crippen MR) is 124 cm³/mol. The molecule has 9 heteroatoms. The summed E-state index contributed by atoms with van der Waals surface area (Å²) in [6.07, 6.45) is -0.0539. The fourth-order valence-corrected chi connectivity index (χ4v) is 4.82. The van der Waals surface area contributed by atoms with Crippen molar-refractivity contribution in [3.63, 3.8) is 0 Å². The van der Waals surface area contributed by atoms with E-state index in [0.717, 1.165) is 5.56 Å². The van der Waals surface area contributed by atoms with Crippen LogP contribution in [0.5, 0.6) is 0 Å². The number of imidazole rings is 1. The smallest absolute Gasteiger partial charge is 0.323 e. The summed E-state index contributed by atoms with van der Waals surface area (Å²) >= 11 is 0. The first-order chi connectivity index (χ1) is 15.3. The Morgan fingerprint density at radius 2 is 1.62 bits per heavy atom. The molecule has 164 valence electrons. The molecule has 4 aromatic rings. The lowest BCUT2D eigenvalue weighted by Crippen LogP contribution is -2.34. The highest BCUT2D eigenvalue weighted by molar-refractivity contribution is 7.92. The van der Waals surface area contributed by atoms with E-state index in [1.54, 1.807) is 72.8 Å². The molecule has 0 aliphatic heterocycles. The van der Waals surface area contributed by atoms with Crippen molar-refractivity contribution in [3.8, 4) is 0 Å². The molecule has 0 aliphatic rings. The first kappa shape index (κ1) is 21.4. The normalized spacial score (nSPS) is 11.4. The zero-order valence-electron chi connectivity index (χ0n) is 17.3. The molecule has 3 aromatic carbocycles. The number of sulfonamides is 1. The van der Waals surface area contributed by atoms with Crippen LogP contribution in [0.2, 0.25) is 0 Å². The number of fused-ring (bicyclic) bond motifs is 1. The summed E-state index contributed by atoms with van der Waals surface area (Å²) in [7, 11) is -3.86. The van der Waals surface area contributed by atoms with Crippen LogP contribution in [-0.4, -0.2) is 30.8 Å². The molecular formula is C23H22N4O4S. The van der Waals surface area contributed by atoms with Gasteiger partial charge in [0, 0.05) is 18.7 Å². The minimum atomic E-state index is -3.86. The maximum atomic E-state index is 13.3. The first-order valence-corrected chi connectivity index (χ1v) is 11.4. The van der Waals surface area contributed by atoms with Crippen molar-refractivity contribution in [1.29, 1.82) is 0 Å². The van der Waals surface area contributed by atoms with Gasteiger partial charge in [0.15, 0.2) is 0 Å². The number of aromatic amines is 2. The SMILES string of the molecule is Cc1ccc(S(=O)(=O)N(CCC(=O)Nc2ccc3[nH]c(=O)[nH]c3c2)c2ccccc2)cc1. The van der Waals surface area contributed by atoms with Crippen molar-refractivity contribution < 1.29 is 13.2 Å². The van der Waals surface area contributed by atoms with E-state index in [4.69, 9.17) is 0 Å². The number of rotatable bonds is 7. The third-order valence-corrected chi connectivity index (χ3v) is 6.84. The molecule has 0 radical (unpaired) electrons. The van der Waals surface area contributed by atoms with Gasteiger partial charge in [0.25, 0.3) is 10.0 Å². The van der Waals surface area contributed by atoms with E-state index in [9.17, 15) is 18.0 Å². The minimum absolute atomic E-state index is 0.0325. The maximum absolute atomic E-state index is 13.3. The molecule has 1 aromatic heterocycles. The van der Waals surface area contributed by atoms with Crippen LogP contribution in [0.15, 0.2) is 82.5 Å². The third-order valence-electron chi connectivity index (χ3n) is 4.99. The minimum Gasteiger partial charge on any atom is -0.326 e. The van der Waals surface area contributed by atoms with Crippen LogP contribution in [0, 0.1) is 6.92 Å². The number of para-hydroxylation sites is 1. The Bertz CT molecular complexity index is 1410. The number of H-pyrrole nitrogens is 2. The van der Waals surface area contributed by atoms with Gasteiger partial charge in [0.2, 0.25) is 5.91 Å². The Morgan fingerprint density at radius 1 is 0.938 bits per heavy atom. The standard InChI is InChI=1S/C23H22N4O4S/c1-16-7-10-19(11-8-16)32(30,31)27(18-5-3-2-4-6-18)14-13-22(28)24-17-9-12-20-21(15-17)26-23(29)25-20/h2-12,15H,13-14H2,1H3,(H,24,28)(H2,25,26,29). The molecule has 1 heterocycles. The van der Waals surface area contributed by atoms with Crippen LogP contribution in [0.25, 0.3) is 11.0 Å². The highest BCUT2D eigenvalue weighted by Gasteiger charge is 2.25. The lowest BCUT2D eigenvalue weighted by Gasteiger charge is -2.24. The molecule has 0 spiro atoms. The molecule has 0 aliphatic carbocycles. The summed E-state index contributed by atoms with van der Waals surface area (Å²) in [5.41, 5.74) is 2.81. The predicted octanol–water partition coefficient (Wildman–Crippen LogP) is 3.39. The van der Waals surface area contributed by atoms with Gasteiger partial charge in [-0.2, -0.15) is 0 Å². The second-order valence-electron chi connectivity index (χ2n) is 7.36. The Kier molecular flexibility index (Phi) is 5.83. The Hall–Kier alpha value is -3.85. The van der Waals surface area contributed by atoms with Crippen LogP contribution in [0.3, 0.4) is 0 Å². The van der Waals surface area contributed by atoms with Gasteiger partial charge >= 0.3 is 5.69 Å². The van der Waals surface area contributed by atoms with Crippen LogP contribution >= 0.6 is 0 Å². The van der Waals surface area contributed by atoms with E-state index in [2.05, 4.69) is 15.3 Å². The van der Waals surface area contributed by atoms with Gasteiger partial charge in [-0.25, -0.2) is 13.2 Å². The van der Waals surface area contributed by atoms with Crippen LogP contribution < -0.4 is 15.3 Å². The topological polar surface area (TPSA) is 115 Å². The molecule has 1 amide bonds. The summed E-state index contributed by atoms with van der Waals surface area (Å²) in [6.45, 7) is 1.85. The maximum Gasteiger partial charge on any atom is 0.323 e. The number of aromatic nitrogens is 2. The fraction of sp³-hybridized carbons (Fsp3) is 0.130. The Labute approximate surface area is 185 Å². The summed E-state index contributed by atoms with van der Waals surface area (Å²) in [5.74, 6) is -0.345. The van der Waals surface area contributed by atoms with Gasteiger partial charge in [0.1, 0.15) is 0 Å². The lowest BCUT2D eigenvalue weighted by atomic mass is 10.2. The van der Waals surface area contributed by atoms with Crippen LogP contribution in [0.1, 0.15) is 12.0 Å². The van der Waals surface area contributed by atoms with Crippen molar-refractivity contribution in [2.24, 2.45) is 0 Å². The number of anilines is 2. The monoisotopic (exact) mass is 450 g/mol. The highest BCUT2D eigenvalue weighted by Crippen LogP contribution is 2.24. The molecule has 0 saturated carbocycles. The number of aryl methyl sites for hydroxylation is 1. The lowest BCUT2D eigenvalue weighted by molar-refractivity contribution is -0.116. The first-order valence-electron chi connectivity index (χ1n) is 9.99. The molecule has 3 N–H and O–H groups in total. The zero-order valence-corrected chi connectivity index (χ0v) is 18.1.